The highest BCUT2D eigenvalue weighted by molar-refractivity contribution is 5.95. The number of nitrogens with one attached hydrogen (secondary N) is 1. The van der Waals surface area contributed by atoms with Gasteiger partial charge in [-0.25, -0.2) is 0 Å². The predicted molar refractivity (Wildman–Crippen MR) is 83.0 cm³/mol. The van der Waals surface area contributed by atoms with E-state index in [4.69, 9.17) is 10.5 Å². The van der Waals surface area contributed by atoms with Crippen molar-refractivity contribution in [2.45, 2.75) is 53.7 Å². The number of nitrogens with two attached hydrogens (primary N) is 1. The molecule has 0 saturated carbocycles. The molecule has 1 aromatic rings. The van der Waals surface area contributed by atoms with Crippen molar-refractivity contribution in [2.24, 2.45) is 11.1 Å². The molecule has 0 fully saturated rings. The van der Waals surface area contributed by atoms with Crippen molar-refractivity contribution >= 4 is 11.6 Å². The molecule has 0 unspecified atom stereocenters. The highest BCUT2D eigenvalue weighted by Gasteiger charge is 2.27. The monoisotopic (exact) mass is 278 g/mol. The SMILES string of the molecule is Cc1cc(NC(=O)[C@@H](N)C(C)(C)C)ccc1OC(C)C. The van der Waals surface area contributed by atoms with Crippen LogP contribution in [0.4, 0.5) is 5.69 Å². The Bertz CT molecular complexity index is 476. The molecular weight excluding hydrogens is 252 g/mol. The molecular formula is C16H26N2O2. The summed E-state index contributed by atoms with van der Waals surface area (Å²) in [6.07, 6.45) is 0.128. The van der Waals surface area contributed by atoms with Crippen LogP contribution in [0.5, 0.6) is 5.75 Å². The normalized spacial score (nSPS) is 13.2. The van der Waals surface area contributed by atoms with E-state index < -0.39 is 6.04 Å². The number of carbonyl (C=O) groups excluding carboxylic acids is 1. The Balaban J connectivity index is 2.80. The molecule has 1 amide bonds. The van der Waals surface area contributed by atoms with Gasteiger partial charge < -0.3 is 15.8 Å². The summed E-state index contributed by atoms with van der Waals surface area (Å²) in [6, 6.07) is 5.05. The predicted octanol–water partition coefficient (Wildman–Crippen LogP) is 3.09. The van der Waals surface area contributed by atoms with E-state index in [0.717, 1.165) is 17.0 Å². The number of anilines is 1. The summed E-state index contributed by atoms with van der Waals surface area (Å²) in [5, 5.41) is 2.85. The lowest BCUT2D eigenvalue weighted by molar-refractivity contribution is -0.119. The highest BCUT2D eigenvalue weighted by atomic mass is 16.5. The summed E-state index contributed by atoms with van der Waals surface area (Å²) < 4.78 is 5.67. The van der Waals surface area contributed by atoms with E-state index in [0.29, 0.717) is 0 Å². The number of ether oxygens (including phenoxy) is 1. The first-order chi connectivity index (χ1) is 9.11. The third-order valence-electron chi connectivity index (χ3n) is 3.02. The van der Waals surface area contributed by atoms with Gasteiger partial charge in [-0.1, -0.05) is 20.8 Å². The summed E-state index contributed by atoms with van der Waals surface area (Å²) in [7, 11) is 0. The molecule has 20 heavy (non-hydrogen) atoms. The van der Waals surface area contributed by atoms with Crippen LogP contribution < -0.4 is 15.8 Å². The second-order valence-electron chi connectivity index (χ2n) is 6.48. The summed E-state index contributed by atoms with van der Waals surface area (Å²) in [4.78, 5) is 12.1. The maximum Gasteiger partial charge on any atom is 0.241 e. The van der Waals surface area contributed by atoms with E-state index in [-0.39, 0.29) is 17.4 Å². The van der Waals surface area contributed by atoms with Crippen molar-refractivity contribution in [3.63, 3.8) is 0 Å². The Kier molecular flexibility index (Phi) is 5.17. The van der Waals surface area contributed by atoms with Crippen molar-refractivity contribution in [1.29, 1.82) is 0 Å². The van der Waals surface area contributed by atoms with Gasteiger partial charge in [0, 0.05) is 5.69 Å². The van der Waals surface area contributed by atoms with E-state index in [1.807, 2.05) is 59.7 Å². The summed E-state index contributed by atoms with van der Waals surface area (Å²) in [6.45, 7) is 11.8. The van der Waals surface area contributed by atoms with Gasteiger partial charge in [0.25, 0.3) is 0 Å². The van der Waals surface area contributed by atoms with Crippen molar-refractivity contribution < 1.29 is 9.53 Å². The average Bonchev–Trinajstić information content (AvgIpc) is 2.30. The number of hydrogen-bond donors (Lipinski definition) is 2. The van der Waals surface area contributed by atoms with Crippen LogP contribution in [-0.2, 0) is 4.79 Å². The van der Waals surface area contributed by atoms with E-state index in [9.17, 15) is 4.79 Å². The zero-order chi connectivity index (χ0) is 15.5. The Morgan fingerprint density at radius 2 is 1.90 bits per heavy atom. The molecule has 0 heterocycles. The average molecular weight is 278 g/mol. The lowest BCUT2D eigenvalue weighted by Gasteiger charge is -2.26. The van der Waals surface area contributed by atoms with Gasteiger partial charge in [-0.05, 0) is 49.9 Å². The van der Waals surface area contributed by atoms with Crippen LogP contribution in [0, 0.1) is 12.3 Å². The van der Waals surface area contributed by atoms with Gasteiger partial charge in [0.15, 0.2) is 0 Å². The number of benzene rings is 1. The fourth-order valence-electron chi connectivity index (χ4n) is 1.73. The minimum absolute atomic E-state index is 0.128. The molecule has 0 aliphatic rings. The molecule has 0 saturated heterocycles. The minimum atomic E-state index is -0.547. The van der Waals surface area contributed by atoms with Gasteiger partial charge in [0.1, 0.15) is 5.75 Å². The molecule has 0 aliphatic carbocycles. The molecule has 0 radical (unpaired) electrons. The van der Waals surface area contributed by atoms with Crippen molar-refractivity contribution in [1.82, 2.24) is 0 Å². The second kappa shape index (κ2) is 6.27. The molecule has 1 atom stereocenters. The third-order valence-corrected chi connectivity index (χ3v) is 3.02. The quantitative estimate of drug-likeness (QED) is 0.889. The first-order valence-electron chi connectivity index (χ1n) is 6.95. The van der Waals surface area contributed by atoms with Crippen molar-refractivity contribution in [2.75, 3.05) is 5.32 Å². The third kappa shape index (κ3) is 4.53. The Morgan fingerprint density at radius 1 is 1.30 bits per heavy atom. The van der Waals surface area contributed by atoms with Gasteiger partial charge >= 0.3 is 0 Å². The van der Waals surface area contributed by atoms with E-state index in [1.54, 1.807) is 0 Å². The smallest absolute Gasteiger partial charge is 0.241 e. The van der Waals surface area contributed by atoms with Gasteiger partial charge in [-0.3, -0.25) is 4.79 Å². The van der Waals surface area contributed by atoms with Gasteiger partial charge in [-0.2, -0.15) is 0 Å². The summed E-state index contributed by atoms with van der Waals surface area (Å²) in [5.41, 5.74) is 7.40. The second-order valence-corrected chi connectivity index (χ2v) is 6.48. The Labute approximate surface area is 121 Å². The maximum atomic E-state index is 12.1. The zero-order valence-electron chi connectivity index (χ0n) is 13.3. The molecule has 1 aromatic carbocycles. The topological polar surface area (TPSA) is 64.4 Å². The number of hydrogen-bond acceptors (Lipinski definition) is 3. The van der Waals surface area contributed by atoms with Crippen LogP contribution in [0.2, 0.25) is 0 Å². The van der Waals surface area contributed by atoms with Gasteiger partial charge in [-0.15, -0.1) is 0 Å². The molecule has 0 aliphatic heterocycles. The van der Waals surface area contributed by atoms with Crippen LogP contribution in [0.15, 0.2) is 18.2 Å². The van der Waals surface area contributed by atoms with Crippen molar-refractivity contribution in [3.05, 3.63) is 23.8 Å². The lowest BCUT2D eigenvalue weighted by atomic mass is 9.87. The number of aryl methyl sites for hydroxylation is 1. The molecule has 0 spiro atoms. The molecule has 4 heteroatoms. The molecule has 112 valence electrons. The summed E-state index contributed by atoms with van der Waals surface area (Å²) >= 11 is 0. The van der Waals surface area contributed by atoms with E-state index in [2.05, 4.69) is 5.32 Å². The zero-order valence-corrected chi connectivity index (χ0v) is 13.3. The standard InChI is InChI=1S/C16H26N2O2/c1-10(2)20-13-8-7-12(9-11(13)3)18-15(19)14(17)16(4,5)6/h7-10,14H,17H2,1-6H3,(H,18,19)/t14-/m1/s1. The molecule has 3 N–H and O–H groups in total. The fraction of sp³-hybridized carbons (Fsp3) is 0.562. The van der Waals surface area contributed by atoms with Gasteiger partial charge in [0.05, 0.1) is 12.1 Å². The largest absolute Gasteiger partial charge is 0.491 e. The molecule has 0 bridgehead atoms. The number of carbonyl (C=O) groups is 1. The van der Waals surface area contributed by atoms with Crippen LogP contribution in [0.1, 0.15) is 40.2 Å². The Morgan fingerprint density at radius 3 is 2.35 bits per heavy atom. The molecule has 1 rings (SSSR count). The Hall–Kier alpha value is -1.55. The maximum absolute atomic E-state index is 12.1. The van der Waals surface area contributed by atoms with Crippen LogP contribution >= 0.6 is 0 Å². The first kappa shape index (κ1) is 16.5. The van der Waals surface area contributed by atoms with Crippen LogP contribution in [0.3, 0.4) is 0 Å². The van der Waals surface area contributed by atoms with Gasteiger partial charge in [0.2, 0.25) is 5.91 Å². The fourth-order valence-corrected chi connectivity index (χ4v) is 1.73. The number of amides is 1. The molecule has 0 aromatic heterocycles. The van der Waals surface area contributed by atoms with E-state index >= 15 is 0 Å². The van der Waals surface area contributed by atoms with Crippen molar-refractivity contribution in [3.8, 4) is 5.75 Å². The lowest BCUT2D eigenvalue weighted by Crippen LogP contribution is -2.45. The minimum Gasteiger partial charge on any atom is -0.491 e. The van der Waals surface area contributed by atoms with E-state index in [1.165, 1.54) is 0 Å². The van der Waals surface area contributed by atoms with Crippen LogP contribution in [-0.4, -0.2) is 18.1 Å². The highest BCUT2D eigenvalue weighted by Crippen LogP contribution is 2.24. The first-order valence-corrected chi connectivity index (χ1v) is 6.95. The van der Waals surface area contributed by atoms with Crippen LogP contribution in [0.25, 0.3) is 0 Å². The number of rotatable bonds is 4. The molecule has 4 nitrogen and oxygen atoms in total. The summed E-state index contributed by atoms with van der Waals surface area (Å²) in [5.74, 6) is 0.660.